The molecule has 3 aliphatic rings. The molecule has 8 nitrogen and oxygen atoms in total. The third-order valence-electron chi connectivity index (χ3n) is 5.90. The standard InChI is InChI=1S/C20H22N2O6/c1-20(19(26)27)6-7-21(11-20)16(23)12-4-5-14-15(9-12)18(25)22(17(14)24)10-13-3-2-8-28-13/h4-5,9,13H,2-3,6-8,10-11H2,1H3,(H,26,27). The summed E-state index contributed by atoms with van der Waals surface area (Å²) in [5.41, 5.74) is -0.171. The van der Waals surface area contributed by atoms with Crippen molar-refractivity contribution in [3.8, 4) is 0 Å². The summed E-state index contributed by atoms with van der Waals surface area (Å²) in [5, 5.41) is 9.34. The highest BCUT2D eigenvalue weighted by atomic mass is 16.5. The van der Waals surface area contributed by atoms with Gasteiger partial charge in [-0.15, -0.1) is 0 Å². The van der Waals surface area contributed by atoms with E-state index in [9.17, 15) is 24.3 Å². The second kappa shape index (κ2) is 6.70. The molecule has 2 fully saturated rings. The summed E-state index contributed by atoms with van der Waals surface area (Å²) >= 11 is 0. The normalized spacial score (nSPS) is 26.8. The van der Waals surface area contributed by atoms with Gasteiger partial charge in [0.05, 0.1) is 29.2 Å². The minimum atomic E-state index is -0.962. The van der Waals surface area contributed by atoms with Crippen LogP contribution in [-0.2, 0) is 9.53 Å². The largest absolute Gasteiger partial charge is 0.481 e. The molecule has 0 aromatic heterocycles. The summed E-state index contributed by atoms with van der Waals surface area (Å²) in [7, 11) is 0. The average molecular weight is 386 g/mol. The Hall–Kier alpha value is -2.74. The molecule has 3 heterocycles. The maximum absolute atomic E-state index is 12.8. The molecular weight excluding hydrogens is 364 g/mol. The highest BCUT2D eigenvalue weighted by molar-refractivity contribution is 6.22. The molecule has 2 unspecified atom stereocenters. The van der Waals surface area contributed by atoms with E-state index in [4.69, 9.17) is 4.74 Å². The number of aliphatic carboxylic acids is 1. The molecule has 0 bridgehead atoms. The van der Waals surface area contributed by atoms with Crippen LogP contribution in [0, 0.1) is 5.41 Å². The number of fused-ring (bicyclic) bond motifs is 1. The van der Waals surface area contributed by atoms with Crippen LogP contribution < -0.4 is 0 Å². The van der Waals surface area contributed by atoms with Gasteiger partial charge in [0.2, 0.25) is 0 Å². The Morgan fingerprint density at radius 1 is 1.25 bits per heavy atom. The van der Waals surface area contributed by atoms with Gasteiger partial charge in [0.15, 0.2) is 0 Å². The summed E-state index contributed by atoms with van der Waals surface area (Å²) in [5.74, 6) is -2.04. The third kappa shape index (κ3) is 2.97. The fraction of sp³-hybridized carbons (Fsp3) is 0.500. The van der Waals surface area contributed by atoms with E-state index >= 15 is 0 Å². The van der Waals surface area contributed by atoms with E-state index in [0.29, 0.717) is 19.6 Å². The Bertz CT molecular complexity index is 875. The number of carbonyl (C=O) groups excluding carboxylic acids is 3. The van der Waals surface area contributed by atoms with E-state index in [0.717, 1.165) is 12.8 Å². The number of hydrogen-bond acceptors (Lipinski definition) is 5. The number of likely N-dealkylation sites (tertiary alicyclic amines) is 1. The zero-order chi connectivity index (χ0) is 20.1. The number of ether oxygens (including phenoxy) is 1. The van der Waals surface area contributed by atoms with Crippen molar-refractivity contribution in [3.05, 3.63) is 34.9 Å². The predicted molar refractivity (Wildman–Crippen MR) is 97.0 cm³/mol. The van der Waals surface area contributed by atoms with Gasteiger partial charge in [0.25, 0.3) is 17.7 Å². The fourth-order valence-corrected chi connectivity index (χ4v) is 4.07. The molecule has 8 heteroatoms. The van der Waals surface area contributed by atoms with Crippen LogP contribution >= 0.6 is 0 Å². The minimum Gasteiger partial charge on any atom is -0.481 e. The molecule has 0 radical (unpaired) electrons. The molecule has 3 aliphatic heterocycles. The van der Waals surface area contributed by atoms with E-state index in [1.165, 1.54) is 28.0 Å². The monoisotopic (exact) mass is 386 g/mol. The van der Waals surface area contributed by atoms with Gasteiger partial charge in [-0.05, 0) is 44.4 Å². The van der Waals surface area contributed by atoms with E-state index in [1.54, 1.807) is 6.92 Å². The lowest BCUT2D eigenvalue weighted by Crippen LogP contribution is -2.36. The molecule has 4 rings (SSSR count). The van der Waals surface area contributed by atoms with Gasteiger partial charge in [0, 0.05) is 25.3 Å². The summed E-state index contributed by atoms with van der Waals surface area (Å²) in [4.78, 5) is 52.2. The van der Waals surface area contributed by atoms with Crippen LogP contribution in [0.4, 0.5) is 0 Å². The number of carboxylic acid groups (broad SMARTS) is 1. The second-order valence-corrected chi connectivity index (χ2v) is 7.96. The van der Waals surface area contributed by atoms with Crippen molar-refractivity contribution < 1.29 is 29.0 Å². The van der Waals surface area contributed by atoms with Crippen molar-refractivity contribution in [1.29, 1.82) is 0 Å². The quantitative estimate of drug-likeness (QED) is 0.785. The summed E-state index contributed by atoms with van der Waals surface area (Å²) in [6, 6.07) is 4.48. The van der Waals surface area contributed by atoms with E-state index in [1.807, 2.05) is 0 Å². The number of benzene rings is 1. The smallest absolute Gasteiger partial charge is 0.311 e. The molecule has 28 heavy (non-hydrogen) atoms. The Morgan fingerprint density at radius 2 is 2.00 bits per heavy atom. The highest BCUT2D eigenvalue weighted by Crippen LogP contribution is 2.32. The first kappa shape index (κ1) is 18.6. The van der Waals surface area contributed by atoms with Crippen LogP contribution in [-0.4, -0.2) is 70.9 Å². The molecule has 148 valence electrons. The molecule has 3 amide bonds. The van der Waals surface area contributed by atoms with Crippen molar-refractivity contribution in [2.24, 2.45) is 5.41 Å². The van der Waals surface area contributed by atoms with Gasteiger partial charge in [-0.3, -0.25) is 24.1 Å². The van der Waals surface area contributed by atoms with Gasteiger partial charge in [-0.2, -0.15) is 0 Å². The van der Waals surface area contributed by atoms with Crippen LogP contribution in [0.1, 0.15) is 57.3 Å². The zero-order valence-electron chi connectivity index (χ0n) is 15.6. The maximum atomic E-state index is 12.8. The number of carbonyl (C=O) groups is 4. The Labute approximate surface area is 162 Å². The maximum Gasteiger partial charge on any atom is 0.311 e. The highest BCUT2D eigenvalue weighted by Gasteiger charge is 2.43. The van der Waals surface area contributed by atoms with Crippen LogP contribution in [0.3, 0.4) is 0 Å². The fourth-order valence-electron chi connectivity index (χ4n) is 4.07. The molecular formula is C20H22N2O6. The average Bonchev–Trinajstić information content (AvgIpc) is 3.38. The molecule has 1 aromatic carbocycles. The lowest BCUT2D eigenvalue weighted by molar-refractivity contribution is -0.147. The van der Waals surface area contributed by atoms with Crippen molar-refractivity contribution in [2.45, 2.75) is 32.3 Å². The van der Waals surface area contributed by atoms with Crippen molar-refractivity contribution in [2.75, 3.05) is 26.2 Å². The third-order valence-corrected chi connectivity index (χ3v) is 5.90. The molecule has 2 saturated heterocycles. The first-order valence-corrected chi connectivity index (χ1v) is 9.45. The number of rotatable bonds is 4. The van der Waals surface area contributed by atoms with Crippen LogP contribution in [0.25, 0.3) is 0 Å². The van der Waals surface area contributed by atoms with E-state index in [-0.39, 0.29) is 47.7 Å². The number of imide groups is 1. The van der Waals surface area contributed by atoms with Gasteiger partial charge >= 0.3 is 5.97 Å². The van der Waals surface area contributed by atoms with Crippen molar-refractivity contribution >= 4 is 23.7 Å². The summed E-state index contributed by atoms with van der Waals surface area (Å²) in [6.07, 6.45) is 1.97. The van der Waals surface area contributed by atoms with Crippen LogP contribution in [0.5, 0.6) is 0 Å². The Morgan fingerprint density at radius 3 is 2.64 bits per heavy atom. The molecule has 0 spiro atoms. The van der Waals surface area contributed by atoms with Gasteiger partial charge in [-0.1, -0.05) is 0 Å². The Balaban J connectivity index is 1.53. The number of amides is 3. The first-order chi connectivity index (χ1) is 13.3. The number of carboxylic acids is 1. The SMILES string of the molecule is CC1(C(=O)O)CCN(C(=O)c2ccc3c(c2)C(=O)N(CC2CCCO2)C3=O)C1. The first-order valence-electron chi connectivity index (χ1n) is 9.45. The van der Waals surface area contributed by atoms with Gasteiger partial charge in [-0.25, -0.2) is 0 Å². The summed E-state index contributed by atoms with van der Waals surface area (Å²) in [6.45, 7) is 2.94. The molecule has 0 saturated carbocycles. The van der Waals surface area contributed by atoms with Gasteiger partial charge in [0.1, 0.15) is 0 Å². The lowest BCUT2D eigenvalue weighted by Gasteiger charge is -2.20. The molecule has 1 N–H and O–H groups in total. The second-order valence-electron chi connectivity index (χ2n) is 7.96. The zero-order valence-corrected chi connectivity index (χ0v) is 15.6. The van der Waals surface area contributed by atoms with Crippen LogP contribution in [0.2, 0.25) is 0 Å². The minimum absolute atomic E-state index is 0.121. The van der Waals surface area contributed by atoms with Crippen molar-refractivity contribution in [3.63, 3.8) is 0 Å². The van der Waals surface area contributed by atoms with Gasteiger partial charge < -0.3 is 14.7 Å². The number of nitrogens with zero attached hydrogens (tertiary/aromatic N) is 2. The number of hydrogen-bond donors (Lipinski definition) is 1. The van der Waals surface area contributed by atoms with E-state index < -0.39 is 17.3 Å². The van der Waals surface area contributed by atoms with Crippen molar-refractivity contribution in [1.82, 2.24) is 9.80 Å². The Kier molecular flexibility index (Phi) is 4.45. The predicted octanol–water partition coefficient (Wildman–Crippen LogP) is 1.40. The van der Waals surface area contributed by atoms with E-state index in [2.05, 4.69) is 0 Å². The lowest BCUT2D eigenvalue weighted by atomic mass is 9.90. The molecule has 1 aromatic rings. The molecule has 2 atom stereocenters. The molecule has 0 aliphatic carbocycles. The summed E-state index contributed by atoms with van der Waals surface area (Å²) < 4.78 is 5.52. The van der Waals surface area contributed by atoms with Crippen LogP contribution in [0.15, 0.2) is 18.2 Å². The topological polar surface area (TPSA) is 104 Å².